The summed E-state index contributed by atoms with van der Waals surface area (Å²) in [6, 6.07) is 4.68. The molecule has 1 aliphatic rings. The highest BCUT2D eigenvalue weighted by molar-refractivity contribution is 5.79. The van der Waals surface area contributed by atoms with Crippen molar-refractivity contribution < 1.29 is 18.0 Å². The van der Waals surface area contributed by atoms with Crippen LogP contribution >= 0.6 is 0 Å². The standard InChI is InChI=1S/C20H24F3N5O/c1-27(2)12-17(29)28-9-4-3-8-16(28)18-15(11-25-19(24)26-18)13-6-5-7-14(10-13)20(21,22)23/h5-7,10-11,16H,3-4,8-9,12H2,1-2H3,(H2,24,25,26)/t16-/m1/s1. The number of likely N-dealkylation sites (N-methyl/N-ethyl adjacent to an activating group) is 1. The van der Waals surface area contributed by atoms with Gasteiger partial charge < -0.3 is 15.5 Å². The van der Waals surface area contributed by atoms with Gasteiger partial charge in [-0.1, -0.05) is 12.1 Å². The van der Waals surface area contributed by atoms with E-state index in [2.05, 4.69) is 9.97 Å². The molecule has 0 spiro atoms. The van der Waals surface area contributed by atoms with Gasteiger partial charge in [0.15, 0.2) is 0 Å². The minimum Gasteiger partial charge on any atom is -0.368 e. The number of piperidine rings is 1. The summed E-state index contributed by atoms with van der Waals surface area (Å²) in [6.45, 7) is 0.819. The Morgan fingerprint density at radius 3 is 2.76 bits per heavy atom. The number of rotatable bonds is 4. The fourth-order valence-corrected chi connectivity index (χ4v) is 3.62. The maximum absolute atomic E-state index is 13.2. The summed E-state index contributed by atoms with van der Waals surface area (Å²) in [5, 5.41) is 0. The zero-order valence-corrected chi connectivity index (χ0v) is 16.4. The average molecular weight is 407 g/mol. The molecule has 0 bridgehead atoms. The van der Waals surface area contributed by atoms with Crippen molar-refractivity contribution in [3.8, 4) is 11.1 Å². The molecule has 0 unspecified atom stereocenters. The average Bonchev–Trinajstić information content (AvgIpc) is 2.67. The van der Waals surface area contributed by atoms with E-state index in [-0.39, 0.29) is 24.4 Å². The summed E-state index contributed by atoms with van der Waals surface area (Å²) in [7, 11) is 3.63. The van der Waals surface area contributed by atoms with Crippen LogP contribution in [0.5, 0.6) is 0 Å². The molecule has 0 saturated carbocycles. The van der Waals surface area contributed by atoms with E-state index in [4.69, 9.17) is 5.73 Å². The predicted octanol–water partition coefficient (Wildman–Crippen LogP) is 3.36. The maximum Gasteiger partial charge on any atom is 0.416 e. The highest BCUT2D eigenvalue weighted by Gasteiger charge is 2.33. The number of carbonyl (C=O) groups is 1. The van der Waals surface area contributed by atoms with Crippen molar-refractivity contribution >= 4 is 11.9 Å². The van der Waals surface area contributed by atoms with E-state index in [1.54, 1.807) is 15.9 Å². The molecule has 9 heteroatoms. The number of halogens is 3. The second-order valence-electron chi connectivity index (χ2n) is 7.44. The van der Waals surface area contributed by atoms with Gasteiger partial charge in [-0.2, -0.15) is 13.2 Å². The lowest BCUT2D eigenvalue weighted by atomic mass is 9.93. The Morgan fingerprint density at radius 1 is 1.31 bits per heavy atom. The smallest absolute Gasteiger partial charge is 0.368 e. The lowest BCUT2D eigenvalue weighted by molar-refractivity contribution is -0.137. The van der Waals surface area contributed by atoms with Gasteiger partial charge >= 0.3 is 6.18 Å². The van der Waals surface area contributed by atoms with E-state index in [0.29, 0.717) is 29.8 Å². The molecule has 1 atom stereocenters. The maximum atomic E-state index is 13.2. The normalized spacial score (nSPS) is 17.6. The minimum atomic E-state index is -4.45. The van der Waals surface area contributed by atoms with E-state index in [9.17, 15) is 18.0 Å². The molecule has 3 rings (SSSR count). The number of likely N-dealkylation sites (tertiary alicyclic amines) is 1. The number of hydrogen-bond donors (Lipinski definition) is 1. The lowest BCUT2D eigenvalue weighted by Gasteiger charge is -2.37. The molecule has 2 N–H and O–H groups in total. The summed E-state index contributed by atoms with van der Waals surface area (Å²) in [4.78, 5) is 24.7. The molecule has 0 radical (unpaired) electrons. The largest absolute Gasteiger partial charge is 0.416 e. The molecule has 1 saturated heterocycles. The molecular weight excluding hydrogens is 383 g/mol. The Balaban J connectivity index is 2.06. The van der Waals surface area contributed by atoms with E-state index in [1.807, 2.05) is 14.1 Å². The third-order valence-electron chi connectivity index (χ3n) is 4.93. The van der Waals surface area contributed by atoms with Crippen LogP contribution in [0.15, 0.2) is 30.5 Å². The van der Waals surface area contributed by atoms with Gasteiger partial charge in [0.05, 0.1) is 23.8 Å². The van der Waals surface area contributed by atoms with Crippen LogP contribution in [0.2, 0.25) is 0 Å². The molecule has 2 heterocycles. The Labute approximate surface area is 167 Å². The number of nitrogens with two attached hydrogens (primary N) is 1. The number of benzene rings is 1. The van der Waals surface area contributed by atoms with Gasteiger partial charge in [-0.3, -0.25) is 4.79 Å². The molecule has 1 fully saturated rings. The van der Waals surface area contributed by atoms with E-state index in [1.165, 1.54) is 12.3 Å². The Morgan fingerprint density at radius 2 is 2.07 bits per heavy atom. The van der Waals surface area contributed by atoms with Crippen LogP contribution in [0.1, 0.15) is 36.6 Å². The zero-order chi connectivity index (χ0) is 21.2. The fourth-order valence-electron chi connectivity index (χ4n) is 3.62. The van der Waals surface area contributed by atoms with E-state index >= 15 is 0 Å². The molecule has 1 aromatic heterocycles. The van der Waals surface area contributed by atoms with Crippen molar-refractivity contribution in [1.29, 1.82) is 0 Å². The first-order valence-electron chi connectivity index (χ1n) is 9.41. The first-order valence-corrected chi connectivity index (χ1v) is 9.41. The molecule has 0 aliphatic carbocycles. The molecule has 6 nitrogen and oxygen atoms in total. The lowest BCUT2D eigenvalue weighted by Crippen LogP contribution is -2.43. The molecule has 1 aromatic carbocycles. The van der Waals surface area contributed by atoms with Gasteiger partial charge in [0.1, 0.15) is 0 Å². The van der Waals surface area contributed by atoms with Crippen molar-refractivity contribution in [2.24, 2.45) is 0 Å². The van der Waals surface area contributed by atoms with Gasteiger partial charge in [-0.05, 0) is 51.1 Å². The molecule has 1 aliphatic heterocycles. The number of nitrogen functional groups attached to an aromatic ring is 1. The highest BCUT2D eigenvalue weighted by atomic mass is 19.4. The number of alkyl halides is 3. The molecule has 29 heavy (non-hydrogen) atoms. The number of aromatic nitrogens is 2. The number of amides is 1. The van der Waals surface area contributed by atoms with Gasteiger partial charge in [0.25, 0.3) is 0 Å². The number of anilines is 1. The minimum absolute atomic E-state index is 0.0290. The summed E-state index contributed by atoms with van der Waals surface area (Å²) in [6.07, 6.45) is -0.585. The molecular formula is C20H24F3N5O. The number of nitrogens with zero attached hydrogens (tertiary/aromatic N) is 4. The first-order chi connectivity index (χ1) is 13.7. The molecule has 2 aromatic rings. The quantitative estimate of drug-likeness (QED) is 0.841. The van der Waals surface area contributed by atoms with Gasteiger partial charge in [0, 0.05) is 18.3 Å². The second-order valence-corrected chi connectivity index (χ2v) is 7.44. The van der Waals surface area contributed by atoms with Crippen molar-refractivity contribution in [3.05, 3.63) is 41.7 Å². The van der Waals surface area contributed by atoms with E-state index < -0.39 is 11.7 Å². The van der Waals surface area contributed by atoms with Gasteiger partial charge in [-0.15, -0.1) is 0 Å². The van der Waals surface area contributed by atoms with Crippen molar-refractivity contribution in [1.82, 2.24) is 19.8 Å². The first kappa shape index (κ1) is 21.0. The van der Waals surface area contributed by atoms with Crippen LogP contribution in [0, 0.1) is 0 Å². The summed E-state index contributed by atoms with van der Waals surface area (Å²) in [5.41, 5.74) is 6.35. The highest BCUT2D eigenvalue weighted by Crippen LogP contribution is 2.38. The monoisotopic (exact) mass is 407 g/mol. The topological polar surface area (TPSA) is 75.4 Å². The van der Waals surface area contributed by atoms with Crippen molar-refractivity contribution in [3.63, 3.8) is 0 Å². The van der Waals surface area contributed by atoms with Crippen molar-refractivity contribution in [2.45, 2.75) is 31.5 Å². The van der Waals surface area contributed by atoms with E-state index in [0.717, 1.165) is 25.0 Å². The van der Waals surface area contributed by atoms with Crippen LogP contribution in [-0.2, 0) is 11.0 Å². The summed E-state index contributed by atoms with van der Waals surface area (Å²) < 4.78 is 39.6. The second kappa shape index (κ2) is 8.36. The zero-order valence-electron chi connectivity index (χ0n) is 16.4. The fraction of sp³-hybridized carbons (Fsp3) is 0.450. The van der Waals surface area contributed by atoms with Gasteiger partial charge in [0.2, 0.25) is 11.9 Å². The number of hydrogen-bond acceptors (Lipinski definition) is 5. The molecule has 156 valence electrons. The number of carbonyl (C=O) groups excluding carboxylic acids is 1. The SMILES string of the molecule is CN(C)CC(=O)N1CCCC[C@@H]1c1nc(N)ncc1-c1cccc(C(F)(F)F)c1. The third-order valence-corrected chi connectivity index (χ3v) is 4.93. The van der Waals surface area contributed by atoms with Crippen LogP contribution in [0.4, 0.5) is 19.1 Å². The summed E-state index contributed by atoms with van der Waals surface area (Å²) in [5.74, 6) is -0.0202. The Kier molecular flexibility index (Phi) is 6.07. The van der Waals surface area contributed by atoms with Crippen LogP contribution in [0.25, 0.3) is 11.1 Å². The molecule has 1 amide bonds. The third kappa shape index (κ3) is 4.84. The van der Waals surface area contributed by atoms with Crippen LogP contribution < -0.4 is 5.73 Å². The predicted molar refractivity (Wildman–Crippen MR) is 104 cm³/mol. The Hall–Kier alpha value is -2.68. The Bertz CT molecular complexity index is 885. The van der Waals surface area contributed by atoms with Gasteiger partial charge in [-0.25, -0.2) is 9.97 Å². The summed E-state index contributed by atoms with van der Waals surface area (Å²) >= 11 is 0. The van der Waals surface area contributed by atoms with Crippen molar-refractivity contribution in [2.75, 3.05) is 32.9 Å². The van der Waals surface area contributed by atoms with Crippen LogP contribution in [0.3, 0.4) is 0 Å². The van der Waals surface area contributed by atoms with Crippen LogP contribution in [-0.4, -0.2) is 52.9 Å².